The average molecular weight is 194 g/mol. The first kappa shape index (κ1) is 9.21. The maximum absolute atomic E-state index is 5.47. The summed E-state index contributed by atoms with van der Waals surface area (Å²) in [5.74, 6) is 1.34. The third kappa shape index (κ3) is 2.11. The van der Waals surface area contributed by atoms with Crippen LogP contribution in [0.1, 0.15) is 6.42 Å². The average Bonchev–Trinajstić information content (AvgIpc) is 2.47. The fraction of sp³-hybridized carbons (Fsp3) is 0.556. The molecule has 2 heterocycles. The van der Waals surface area contributed by atoms with Gasteiger partial charge in [0.1, 0.15) is 11.6 Å². The zero-order valence-corrected chi connectivity index (χ0v) is 8.02. The Morgan fingerprint density at radius 1 is 1.21 bits per heavy atom. The van der Waals surface area contributed by atoms with Crippen LogP contribution in [0.15, 0.2) is 12.4 Å². The van der Waals surface area contributed by atoms with Crippen LogP contribution in [0.3, 0.4) is 0 Å². The van der Waals surface area contributed by atoms with Crippen LogP contribution in [0.4, 0.5) is 11.6 Å². The minimum absolute atomic E-state index is 0.458. The second-order valence-corrected chi connectivity index (χ2v) is 3.25. The van der Waals surface area contributed by atoms with Crippen molar-refractivity contribution in [3.05, 3.63) is 12.4 Å². The molecular formula is C9H14N4O. The first-order valence-electron chi connectivity index (χ1n) is 4.76. The highest BCUT2D eigenvalue weighted by Crippen LogP contribution is 2.11. The number of ether oxygens (including phenoxy) is 1. The van der Waals surface area contributed by atoms with Crippen LogP contribution in [0.5, 0.6) is 0 Å². The molecule has 1 aromatic heterocycles. The van der Waals surface area contributed by atoms with Crippen LogP contribution in [-0.4, -0.2) is 36.3 Å². The third-order valence-electron chi connectivity index (χ3n) is 2.20. The maximum Gasteiger partial charge on any atom is 0.147 e. The molecule has 0 aromatic carbocycles. The van der Waals surface area contributed by atoms with Gasteiger partial charge in [-0.3, -0.25) is 0 Å². The monoisotopic (exact) mass is 194 g/mol. The lowest BCUT2D eigenvalue weighted by Crippen LogP contribution is -2.26. The van der Waals surface area contributed by atoms with Crippen molar-refractivity contribution in [1.29, 1.82) is 0 Å². The topological polar surface area (TPSA) is 64.3 Å². The number of nitrogens with two attached hydrogens (primary N) is 1. The lowest BCUT2D eigenvalue weighted by Gasteiger charge is -2.19. The van der Waals surface area contributed by atoms with Gasteiger partial charge in [-0.15, -0.1) is 0 Å². The number of nitrogen functional groups attached to an aromatic ring is 1. The summed E-state index contributed by atoms with van der Waals surface area (Å²) in [6.07, 6.45) is 4.33. The van der Waals surface area contributed by atoms with Gasteiger partial charge >= 0.3 is 0 Å². The highest BCUT2D eigenvalue weighted by molar-refractivity contribution is 5.39. The number of rotatable bonds is 1. The molecule has 1 aliphatic heterocycles. The van der Waals surface area contributed by atoms with Crippen LogP contribution < -0.4 is 10.6 Å². The zero-order valence-electron chi connectivity index (χ0n) is 8.02. The van der Waals surface area contributed by atoms with Gasteiger partial charge in [0.15, 0.2) is 0 Å². The zero-order chi connectivity index (χ0) is 9.80. The van der Waals surface area contributed by atoms with E-state index in [9.17, 15) is 0 Å². The fourth-order valence-corrected chi connectivity index (χ4v) is 1.47. The van der Waals surface area contributed by atoms with E-state index in [1.807, 2.05) is 0 Å². The molecule has 2 rings (SSSR count). The van der Waals surface area contributed by atoms with E-state index in [0.717, 1.165) is 38.5 Å². The Morgan fingerprint density at radius 3 is 2.93 bits per heavy atom. The molecule has 1 saturated heterocycles. The largest absolute Gasteiger partial charge is 0.382 e. The number of anilines is 2. The molecule has 0 spiro atoms. The minimum Gasteiger partial charge on any atom is -0.382 e. The van der Waals surface area contributed by atoms with Crippen molar-refractivity contribution in [3.8, 4) is 0 Å². The van der Waals surface area contributed by atoms with Crippen LogP contribution >= 0.6 is 0 Å². The molecule has 5 heteroatoms. The van der Waals surface area contributed by atoms with E-state index >= 15 is 0 Å². The lowest BCUT2D eigenvalue weighted by atomic mass is 10.4. The van der Waals surface area contributed by atoms with E-state index in [1.165, 1.54) is 0 Å². The van der Waals surface area contributed by atoms with Crippen molar-refractivity contribution in [1.82, 2.24) is 9.97 Å². The first-order valence-corrected chi connectivity index (χ1v) is 4.76. The van der Waals surface area contributed by atoms with Gasteiger partial charge in [0.25, 0.3) is 0 Å². The molecule has 14 heavy (non-hydrogen) atoms. The van der Waals surface area contributed by atoms with E-state index in [2.05, 4.69) is 14.9 Å². The maximum atomic E-state index is 5.47. The molecule has 0 aliphatic carbocycles. The summed E-state index contributed by atoms with van der Waals surface area (Å²) in [5.41, 5.74) is 5.47. The normalized spacial score (nSPS) is 17.9. The molecule has 0 radical (unpaired) electrons. The lowest BCUT2D eigenvalue weighted by molar-refractivity contribution is 0.152. The summed E-state index contributed by atoms with van der Waals surface area (Å²) < 4.78 is 5.36. The van der Waals surface area contributed by atoms with Crippen molar-refractivity contribution >= 4 is 11.6 Å². The highest BCUT2D eigenvalue weighted by atomic mass is 16.5. The Labute approximate surface area is 82.9 Å². The van der Waals surface area contributed by atoms with Crippen molar-refractivity contribution < 1.29 is 4.74 Å². The Kier molecular flexibility index (Phi) is 2.78. The summed E-state index contributed by atoms with van der Waals surface area (Å²) in [7, 11) is 0. The second kappa shape index (κ2) is 4.23. The highest BCUT2D eigenvalue weighted by Gasteiger charge is 2.10. The molecular weight excluding hydrogens is 180 g/mol. The smallest absolute Gasteiger partial charge is 0.147 e. The molecule has 1 fully saturated rings. The molecule has 0 amide bonds. The second-order valence-electron chi connectivity index (χ2n) is 3.25. The van der Waals surface area contributed by atoms with Crippen LogP contribution in [-0.2, 0) is 4.74 Å². The summed E-state index contributed by atoms with van der Waals surface area (Å²) in [5, 5.41) is 0. The summed E-state index contributed by atoms with van der Waals surface area (Å²) in [4.78, 5) is 10.4. The van der Waals surface area contributed by atoms with Gasteiger partial charge < -0.3 is 15.4 Å². The number of nitrogens with zero attached hydrogens (tertiary/aromatic N) is 3. The first-order chi connectivity index (χ1) is 6.86. The van der Waals surface area contributed by atoms with E-state index in [4.69, 9.17) is 10.5 Å². The molecule has 1 aromatic rings. The summed E-state index contributed by atoms with van der Waals surface area (Å²) in [6.45, 7) is 3.43. The van der Waals surface area contributed by atoms with Gasteiger partial charge in [0.05, 0.1) is 19.0 Å². The summed E-state index contributed by atoms with van der Waals surface area (Å²) in [6, 6.07) is 0. The van der Waals surface area contributed by atoms with Crippen molar-refractivity contribution in [2.75, 3.05) is 36.9 Å². The number of aromatic nitrogens is 2. The molecule has 2 N–H and O–H groups in total. The molecule has 0 bridgehead atoms. The molecule has 0 unspecified atom stereocenters. The standard InChI is InChI=1S/C9H14N4O/c10-8-6-12-9(7-11-8)13-2-1-4-14-5-3-13/h6-7H,1-5H2,(H2,10,11). The van der Waals surface area contributed by atoms with Crippen molar-refractivity contribution in [3.63, 3.8) is 0 Å². The van der Waals surface area contributed by atoms with Crippen molar-refractivity contribution in [2.45, 2.75) is 6.42 Å². The predicted octanol–water partition coefficient (Wildman–Crippen LogP) is 0.285. The van der Waals surface area contributed by atoms with E-state index in [-0.39, 0.29) is 0 Å². The minimum atomic E-state index is 0.458. The van der Waals surface area contributed by atoms with E-state index < -0.39 is 0 Å². The van der Waals surface area contributed by atoms with Crippen molar-refractivity contribution in [2.24, 2.45) is 0 Å². The molecule has 1 aliphatic rings. The van der Waals surface area contributed by atoms with E-state index in [1.54, 1.807) is 12.4 Å². The quantitative estimate of drug-likeness (QED) is 0.696. The van der Waals surface area contributed by atoms with Gasteiger partial charge in [-0.05, 0) is 6.42 Å². The predicted molar refractivity (Wildman–Crippen MR) is 54.1 cm³/mol. The van der Waals surface area contributed by atoms with Gasteiger partial charge in [0, 0.05) is 19.7 Å². The Hall–Kier alpha value is -1.36. The van der Waals surface area contributed by atoms with Gasteiger partial charge in [0.2, 0.25) is 0 Å². The molecule has 0 saturated carbocycles. The van der Waals surface area contributed by atoms with Gasteiger partial charge in [-0.2, -0.15) is 0 Å². The number of hydrogen-bond donors (Lipinski definition) is 1. The van der Waals surface area contributed by atoms with E-state index in [0.29, 0.717) is 5.82 Å². The summed E-state index contributed by atoms with van der Waals surface area (Å²) >= 11 is 0. The molecule has 76 valence electrons. The Bertz CT molecular complexity index is 279. The SMILES string of the molecule is Nc1cnc(N2CCCOCC2)cn1. The van der Waals surface area contributed by atoms with Gasteiger partial charge in [-0.25, -0.2) is 9.97 Å². The van der Waals surface area contributed by atoms with Crippen LogP contribution in [0, 0.1) is 0 Å². The molecule has 0 atom stereocenters. The molecule has 5 nitrogen and oxygen atoms in total. The fourth-order valence-electron chi connectivity index (χ4n) is 1.47. The Morgan fingerprint density at radius 2 is 2.14 bits per heavy atom. The van der Waals surface area contributed by atoms with Crippen LogP contribution in [0.2, 0.25) is 0 Å². The third-order valence-corrected chi connectivity index (χ3v) is 2.20. The Balaban J connectivity index is 2.08. The number of hydrogen-bond acceptors (Lipinski definition) is 5. The van der Waals surface area contributed by atoms with Crippen LogP contribution in [0.25, 0.3) is 0 Å². The van der Waals surface area contributed by atoms with Gasteiger partial charge in [-0.1, -0.05) is 0 Å².